The van der Waals surface area contributed by atoms with Crippen LogP contribution in [0.3, 0.4) is 0 Å². The molecule has 7 heteroatoms. The first-order valence-electron chi connectivity index (χ1n) is 6.21. The van der Waals surface area contributed by atoms with Crippen LogP contribution in [0.5, 0.6) is 0 Å². The Balaban J connectivity index is 2.46. The molecule has 6 nitrogen and oxygen atoms in total. The Morgan fingerprint density at radius 2 is 2.00 bits per heavy atom. The summed E-state index contributed by atoms with van der Waals surface area (Å²) in [6.45, 7) is 2.51. The van der Waals surface area contributed by atoms with E-state index in [1.54, 1.807) is 0 Å². The number of amides is 1. The van der Waals surface area contributed by atoms with Crippen molar-refractivity contribution >= 4 is 15.7 Å². The zero-order chi connectivity index (χ0) is 15.0. The molecular formula is C13H17N3O3S. The quantitative estimate of drug-likeness (QED) is 0.486. The van der Waals surface area contributed by atoms with Crippen LogP contribution in [0.1, 0.15) is 31.7 Å². The molecule has 1 aromatic rings. The number of hydrogen-bond acceptors (Lipinski definition) is 5. The van der Waals surface area contributed by atoms with E-state index in [1.165, 1.54) is 12.4 Å². The van der Waals surface area contributed by atoms with Crippen LogP contribution in [0.25, 0.3) is 0 Å². The Kier molecular flexibility index (Phi) is 6.12. The van der Waals surface area contributed by atoms with Gasteiger partial charge < -0.3 is 5.32 Å². The van der Waals surface area contributed by atoms with Gasteiger partial charge in [-0.05, 0) is 13.3 Å². The number of nitrogens with one attached hydrogen (secondary N) is 1. The third-order valence-corrected chi connectivity index (χ3v) is 3.15. The summed E-state index contributed by atoms with van der Waals surface area (Å²) in [6.07, 6.45) is 5.52. The Labute approximate surface area is 118 Å². The fraction of sp³-hybridized carbons (Fsp3) is 0.462. The van der Waals surface area contributed by atoms with E-state index in [9.17, 15) is 13.2 Å². The van der Waals surface area contributed by atoms with Crippen molar-refractivity contribution in [3.8, 4) is 11.8 Å². The monoisotopic (exact) mass is 295 g/mol. The molecule has 0 aromatic carbocycles. The molecule has 0 atom stereocenters. The molecule has 0 aliphatic rings. The summed E-state index contributed by atoms with van der Waals surface area (Å²) >= 11 is 0. The molecule has 0 spiro atoms. The summed E-state index contributed by atoms with van der Waals surface area (Å²) < 4.78 is 22.3. The highest BCUT2D eigenvalue weighted by atomic mass is 32.2. The van der Waals surface area contributed by atoms with Gasteiger partial charge in [0.15, 0.2) is 0 Å². The number of hydrogen-bond donors (Lipinski definition) is 1. The van der Waals surface area contributed by atoms with Crippen LogP contribution in [-0.4, -0.2) is 37.1 Å². The highest BCUT2D eigenvalue weighted by Crippen LogP contribution is 2.01. The van der Waals surface area contributed by atoms with Gasteiger partial charge in [0.1, 0.15) is 0 Å². The summed E-state index contributed by atoms with van der Waals surface area (Å²) in [4.78, 5) is 18.6. The largest absolute Gasteiger partial charge is 0.356 e. The topological polar surface area (TPSA) is 89.0 Å². The van der Waals surface area contributed by atoms with Crippen molar-refractivity contribution in [3.63, 3.8) is 0 Å². The van der Waals surface area contributed by atoms with E-state index in [-0.39, 0.29) is 11.1 Å². The van der Waals surface area contributed by atoms with E-state index in [1.807, 2.05) is 6.92 Å². The predicted molar refractivity (Wildman–Crippen MR) is 74.6 cm³/mol. The first kappa shape index (κ1) is 16.1. The number of nitrogens with zero attached hydrogens (tertiary/aromatic N) is 2. The van der Waals surface area contributed by atoms with E-state index in [4.69, 9.17) is 0 Å². The highest BCUT2D eigenvalue weighted by molar-refractivity contribution is 7.90. The third kappa shape index (κ3) is 5.80. The van der Waals surface area contributed by atoms with Crippen LogP contribution in [0.4, 0.5) is 0 Å². The molecule has 0 radical (unpaired) electrons. The van der Waals surface area contributed by atoms with Crippen molar-refractivity contribution in [1.29, 1.82) is 0 Å². The smallest absolute Gasteiger partial charge is 0.246 e. The lowest BCUT2D eigenvalue weighted by atomic mass is 10.2. The Morgan fingerprint density at radius 1 is 1.35 bits per heavy atom. The Morgan fingerprint density at radius 3 is 2.55 bits per heavy atom. The van der Waals surface area contributed by atoms with Crippen molar-refractivity contribution in [2.45, 2.75) is 31.3 Å². The molecule has 0 bridgehead atoms. The van der Waals surface area contributed by atoms with Gasteiger partial charge in [-0.15, -0.1) is 0 Å². The van der Waals surface area contributed by atoms with Gasteiger partial charge in [-0.3, -0.25) is 4.79 Å². The van der Waals surface area contributed by atoms with Crippen LogP contribution < -0.4 is 5.32 Å². The van der Waals surface area contributed by atoms with Crippen molar-refractivity contribution < 1.29 is 13.2 Å². The molecule has 1 rings (SSSR count). The molecular weight excluding hydrogens is 278 g/mol. The highest BCUT2D eigenvalue weighted by Gasteiger charge is 2.09. The first-order chi connectivity index (χ1) is 9.43. The molecule has 1 aromatic heterocycles. The van der Waals surface area contributed by atoms with E-state index >= 15 is 0 Å². The van der Waals surface area contributed by atoms with E-state index in [0.29, 0.717) is 31.4 Å². The maximum atomic E-state index is 11.2. The standard InChI is InChI=1S/C13H17N3O3S/c1-3-14-12(17)8-6-4-5-7-11-9-15-13(16-10-11)20(2,18)19/h9-10H,3-4,6,8H2,1-2H3,(H,14,17). The molecule has 1 N–H and O–H groups in total. The van der Waals surface area contributed by atoms with Gasteiger partial charge in [0, 0.05) is 38.0 Å². The summed E-state index contributed by atoms with van der Waals surface area (Å²) in [7, 11) is -3.38. The van der Waals surface area contributed by atoms with Crippen molar-refractivity contribution in [2.24, 2.45) is 0 Å². The summed E-state index contributed by atoms with van der Waals surface area (Å²) in [5.41, 5.74) is 0.551. The van der Waals surface area contributed by atoms with Crippen molar-refractivity contribution in [1.82, 2.24) is 15.3 Å². The van der Waals surface area contributed by atoms with E-state index in [0.717, 1.165) is 6.26 Å². The summed E-state index contributed by atoms with van der Waals surface area (Å²) in [5.74, 6) is 5.75. The van der Waals surface area contributed by atoms with E-state index in [2.05, 4.69) is 27.1 Å². The molecule has 0 fully saturated rings. The number of aromatic nitrogens is 2. The molecule has 108 valence electrons. The fourth-order valence-corrected chi connectivity index (χ4v) is 1.85. The van der Waals surface area contributed by atoms with Crippen LogP contribution in [0.15, 0.2) is 17.6 Å². The minimum absolute atomic E-state index is 0.0233. The molecule has 0 aliphatic heterocycles. The van der Waals surface area contributed by atoms with Crippen LogP contribution >= 0.6 is 0 Å². The van der Waals surface area contributed by atoms with Crippen LogP contribution in [-0.2, 0) is 14.6 Å². The maximum Gasteiger partial charge on any atom is 0.246 e. The Hall–Kier alpha value is -1.94. The lowest BCUT2D eigenvalue weighted by Gasteiger charge is -1.98. The molecule has 0 saturated heterocycles. The molecule has 0 unspecified atom stereocenters. The number of carbonyl (C=O) groups excluding carboxylic acids is 1. The maximum absolute atomic E-state index is 11.2. The summed E-state index contributed by atoms with van der Waals surface area (Å²) in [6, 6.07) is 0. The average Bonchev–Trinajstić information content (AvgIpc) is 2.38. The zero-order valence-electron chi connectivity index (χ0n) is 11.5. The molecule has 1 amide bonds. The van der Waals surface area contributed by atoms with Gasteiger partial charge in [-0.1, -0.05) is 11.8 Å². The average molecular weight is 295 g/mol. The molecule has 1 heterocycles. The normalized spacial score (nSPS) is 10.5. The van der Waals surface area contributed by atoms with Crippen molar-refractivity contribution in [3.05, 3.63) is 18.0 Å². The van der Waals surface area contributed by atoms with Gasteiger partial charge in [-0.2, -0.15) is 0 Å². The summed E-state index contributed by atoms with van der Waals surface area (Å²) in [5, 5.41) is 2.50. The van der Waals surface area contributed by atoms with Gasteiger partial charge in [0.2, 0.25) is 20.9 Å². The minimum Gasteiger partial charge on any atom is -0.356 e. The molecule has 20 heavy (non-hydrogen) atoms. The lowest BCUT2D eigenvalue weighted by molar-refractivity contribution is -0.121. The van der Waals surface area contributed by atoms with E-state index < -0.39 is 9.84 Å². The van der Waals surface area contributed by atoms with Crippen molar-refractivity contribution in [2.75, 3.05) is 12.8 Å². The predicted octanol–water partition coefficient (Wildman–Crippen LogP) is 0.538. The van der Waals surface area contributed by atoms with Crippen LogP contribution in [0.2, 0.25) is 0 Å². The number of unbranched alkanes of at least 4 members (excludes halogenated alkanes) is 1. The van der Waals surface area contributed by atoms with Gasteiger partial charge in [0.25, 0.3) is 0 Å². The van der Waals surface area contributed by atoms with Gasteiger partial charge in [0.05, 0.1) is 5.56 Å². The number of sulfone groups is 1. The van der Waals surface area contributed by atoms with Gasteiger partial charge >= 0.3 is 0 Å². The number of carbonyl (C=O) groups is 1. The Bertz CT molecular complexity index is 613. The SMILES string of the molecule is CCNC(=O)CCCC#Cc1cnc(S(C)(=O)=O)nc1. The third-order valence-electron chi connectivity index (χ3n) is 2.27. The van der Waals surface area contributed by atoms with Crippen LogP contribution in [0, 0.1) is 11.8 Å². The van der Waals surface area contributed by atoms with Gasteiger partial charge in [-0.25, -0.2) is 18.4 Å². The fourth-order valence-electron chi connectivity index (χ4n) is 1.36. The second-order valence-electron chi connectivity index (χ2n) is 4.14. The first-order valence-corrected chi connectivity index (χ1v) is 8.10. The molecule has 0 aliphatic carbocycles. The second-order valence-corrected chi connectivity index (χ2v) is 6.04. The lowest BCUT2D eigenvalue weighted by Crippen LogP contribution is -2.21. The molecule has 0 saturated carbocycles. The minimum atomic E-state index is -3.38. The number of rotatable bonds is 5. The zero-order valence-corrected chi connectivity index (χ0v) is 12.3. The second kappa shape index (κ2) is 7.60.